The summed E-state index contributed by atoms with van der Waals surface area (Å²) in [6.45, 7) is 0. The van der Waals surface area contributed by atoms with Gasteiger partial charge in [-0.2, -0.15) is 0 Å². The maximum atomic E-state index is 12.4. The number of aromatic amines is 2. The highest BCUT2D eigenvalue weighted by Crippen LogP contribution is 2.12. The molecule has 1 aromatic carbocycles. The van der Waals surface area contributed by atoms with E-state index >= 15 is 0 Å². The Labute approximate surface area is 175 Å². The van der Waals surface area contributed by atoms with Gasteiger partial charge in [-0.15, -0.1) is 0 Å². The average Bonchev–Trinajstić information content (AvgIpc) is 2.80. The Kier molecular flexibility index (Phi) is 5.62. The summed E-state index contributed by atoms with van der Waals surface area (Å²) < 4.78 is 5.25. The van der Waals surface area contributed by atoms with Crippen molar-refractivity contribution in [2.75, 3.05) is 0 Å². The summed E-state index contributed by atoms with van der Waals surface area (Å²) in [6, 6.07) is 15.4. The van der Waals surface area contributed by atoms with Crippen molar-refractivity contribution in [1.82, 2.24) is 19.9 Å². The molecule has 8 nitrogen and oxygen atoms in total. The summed E-state index contributed by atoms with van der Waals surface area (Å²) in [6.07, 6.45) is 7.37. The average molecular weight is 412 g/mol. The molecule has 0 saturated carbocycles. The first kappa shape index (κ1) is 19.7. The minimum Gasteiger partial charge on any atom is -0.421 e. The zero-order chi connectivity index (χ0) is 21.6. The van der Waals surface area contributed by atoms with Crippen molar-refractivity contribution in [3.8, 4) is 5.75 Å². The molecule has 0 fully saturated rings. The van der Waals surface area contributed by atoms with Crippen LogP contribution in [0.5, 0.6) is 5.75 Å². The number of H-pyrrole nitrogens is 2. The number of pyridine rings is 2. The third kappa shape index (κ3) is 4.88. The molecular formula is C23H16N4O4. The van der Waals surface area contributed by atoms with Crippen molar-refractivity contribution < 1.29 is 9.53 Å². The van der Waals surface area contributed by atoms with E-state index in [0.29, 0.717) is 11.3 Å². The Morgan fingerprint density at radius 1 is 0.839 bits per heavy atom. The molecule has 31 heavy (non-hydrogen) atoms. The molecule has 0 saturated heterocycles. The van der Waals surface area contributed by atoms with E-state index in [9.17, 15) is 14.4 Å². The van der Waals surface area contributed by atoms with E-state index in [-0.39, 0.29) is 16.4 Å². The number of carbonyl (C=O) groups is 1. The molecule has 8 heteroatoms. The molecule has 3 aromatic heterocycles. The van der Waals surface area contributed by atoms with Gasteiger partial charge in [0, 0.05) is 12.4 Å². The van der Waals surface area contributed by atoms with Crippen molar-refractivity contribution in [3.63, 3.8) is 0 Å². The topological polar surface area (TPSA) is 118 Å². The molecule has 4 aromatic rings. The molecule has 0 aliphatic heterocycles. The summed E-state index contributed by atoms with van der Waals surface area (Å²) in [5.41, 5.74) is 0.667. The summed E-state index contributed by atoms with van der Waals surface area (Å²) in [4.78, 5) is 49.9. The molecule has 0 atom stereocenters. The molecule has 0 spiro atoms. The largest absolute Gasteiger partial charge is 0.421 e. The first-order chi connectivity index (χ1) is 15.1. The first-order valence-corrected chi connectivity index (χ1v) is 9.28. The van der Waals surface area contributed by atoms with Gasteiger partial charge in [-0.1, -0.05) is 30.3 Å². The second-order valence-electron chi connectivity index (χ2n) is 6.48. The second kappa shape index (κ2) is 8.83. The lowest BCUT2D eigenvalue weighted by Crippen LogP contribution is -2.46. The van der Waals surface area contributed by atoms with E-state index < -0.39 is 17.1 Å². The molecule has 152 valence electrons. The highest BCUT2D eigenvalue weighted by molar-refractivity contribution is 5.90. The van der Waals surface area contributed by atoms with Gasteiger partial charge < -0.3 is 14.7 Å². The van der Waals surface area contributed by atoms with Crippen LogP contribution < -0.4 is 26.6 Å². The van der Waals surface area contributed by atoms with Crippen molar-refractivity contribution in [2.45, 2.75) is 0 Å². The second-order valence-corrected chi connectivity index (χ2v) is 6.48. The highest BCUT2D eigenvalue weighted by Gasteiger charge is 2.08. The number of nitrogens with one attached hydrogen (secondary N) is 2. The molecule has 0 amide bonds. The van der Waals surface area contributed by atoms with Gasteiger partial charge in [0.25, 0.3) is 11.1 Å². The Morgan fingerprint density at radius 2 is 1.52 bits per heavy atom. The molecule has 3 heterocycles. The van der Waals surface area contributed by atoms with Gasteiger partial charge >= 0.3 is 5.97 Å². The predicted octanol–water partition coefficient (Wildman–Crippen LogP) is 0.730. The maximum absolute atomic E-state index is 12.4. The number of carbonyl (C=O) groups excluding carboxylic acids is 1. The minimum atomic E-state index is -0.535. The fourth-order valence-electron chi connectivity index (χ4n) is 2.75. The van der Waals surface area contributed by atoms with Crippen molar-refractivity contribution in [2.24, 2.45) is 0 Å². The Hall–Kier alpha value is -4.59. The molecule has 0 bridgehead atoms. The first-order valence-electron chi connectivity index (χ1n) is 9.28. The van der Waals surface area contributed by atoms with Crippen molar-refractivity contribution in [1.29, 1.82) is 0 Å². The summed E-state index contributed by atoms with van der Waals surface area (Å²) >= 11 is 0. The van der Waals surface area contributed by atoms with Crippen LogP contribution in [0.25, 0.3) is 12.2 Å². The highest BCUT2D eigenvalue weighted by atomic mass is 16.5. The van der Waals surface area contributed by atoms with Crippen molar-refractivity contribution >= 4 is 18.1 Å². The molecule has 4 rings (SSSR count). The van der Waals surface area contributed by atoms with Crippen LogP contribution in [-0.2, 0) is 0 Å². The zero-order valence-electron chi connectivity index (χ0n) is 16.1. The maximum Gasteiger partial charge on any atom is 0.343 e. The Bertz CT molecular complexity index is 1440. The number of benzene rings is 1. The molecule has 0 aliphatic carbocycles. The lowest BCUT2D eigenvalue weighted by molar-refractivity contribution is 0.0734. The van der Waals surface area contributed by atoms with E-state index in [1.165, 1.54) is 24.7 Å². The van der Waals surface area contributed by atoms with E-state index in [4.69, 9.17) is 4.74 Å². The van der Waals surface area contributed by atoms with E-state index in [2.05, 4.69) is 19.9 Å². The van der Waals surface area contributed by atoms with Gasteiger partial charge in [-0.25, -0.2) is 4.79 Å². The fraction of sp³-hybridized carbons (Fsp3) is 0. The van der Waals surface area contributed by atoms with Gasteiger partial charge in [0.15, 0.2) is 0 Å². The van der Waals surface area contributed by atoms with Crippen LogP contribution in [0.2, 0.25) is 0 Å². The summed E-state index contributed by atoms with van der Waals surface area (Å²) in [7, 11) is 0. The molecule has 0 radical (unpaired) electrons. The lowest BCUT2D eigenvalue weighted by Gasteiger charge is -2.03. The Morgan fingerprint density at radius 3 is 2.16 bits per heavy atom. The van der Waals surface area contributed by atoms with Crippen LogP contribution in [0.3, 0.4) is 0 Å². The lowest BCUT2D eigenvalue weighted by atomic mass is 10.2. The number of ether oxygens (including phenoxy) is 1. The van der Waals surface area contributed by atoms with Gasteiger partial charge in [-0.3, -0.25) is 19.6 Å². The normalized spacial score (nSPS) is 12.0. The van der Waals surface area contributed by atoms with Crippen LogP contribution in [0, 0.1) is 0 Å². The van der Waals surface area contributed by atoms with Gasteiger partial charge in [0.2, 0.25) is 0 Å². The van der Waals surface area contributed by atoms with E-state index in [1.54, 1.807) is 30.3 Å². The van der Waals surface area contributed by atoms with Crippen LogP contribution in [0.4, 0.5) is 0 Å². The summed E-state index contributed by atoms with van der Waals surface area (Å²) in [5, 5.41) is 0.212. The fourth-order valence-corrected chi connectivity index (χ4v) is 2.75. The van der Waals surface area contributed by atoms with Crippen LogP contribution in [0.1, 0.15) is 21.6 Å². The zero-order valence-corrected chi connectivity index (χ0v) is 16.1. The number of hydrogen-bond donors (Lipinski definition) is 2. The van der Waals surface area contributed by atoms with Gasteiger partial charge in [0.1, 0.15) is 16.4 Å². The molecule has 0 unspecified atom stereocenters. The van der Waals surface area contributed by atoms with Gasteiger partial charge in [-0.05, 0) is 42.0 Å². The third-order valence-corrected chi connectivity index (χ3v) is 4.27. The molecular weight excluding hydrogens is 396 g/mol. The third-order valence-electron chi connectivity index (χ3n) is 4.27. The Balaban J connectivity index is 1.58. The number of nitrogens with zero attached hydrogens (tertiary/aromatic N) is 2. The van der Waals surface area contributed by atoms with Crippen LogP contribution in [0.15, 0.2) is 82.8 Å². The van der Waals surface area contributed by atoms with Crippen molar-refractivity contribution in [3.05, 3.63) is 121 Å². The van der Waals surface area contributed by atoms with E-state index in [1.807, 2.05) is 30.3 Å². The van der Waals surface area contributed by atoms with Crippen LogP contribution >= 0.6 is 0 Å². The molecule has 0 aliphatic rings. The SMILES string of the molecule is O=C(Oc1ccc(C=c2[nH]c(=O)c(=Cc3ccccc3)[nH]c2=O)nc1)c1ccncc1. The minimum absolute atomic E-state index is 0.0595. The number of esters is 1. The quantitative estimate of drug-likeness (QED) is 0.477. The smallest absolute Gasteiger partial charge is 0.343 e. The predicted molar refractivity (Wildman–Crippen MR) is 114 cm³/mol. The number of hydrogen-bond acceptors (Lipinski definition) is 6. The number of rotatable bonds is 4. The van der Waals surface area contributed by atoms with Gasteiger partial charge in [0.05, 0.1) is 17.5 Å². The molecule has 2 N–H and O–H groups in total. The monoisotopic (exact) mass is 412 g/mol. The standard InChI is InChI=1S/C23H16N4O4/c28-21-19(12-15-4-2-1-3-5-15)26-22(29)20(27-21)13-17-6-7-18(14-25-17)31-23(30)16-8-10-24-11-9-16/h1-14H,(H,26,29)(H,27,28). The van der Waals surface area contributed by atoms with Crippen LogP contribution in [-0.4, -0.2) is 25.9 Å². The number of aromatic nitrogens is 4. The summed E-state index contributed by atoms with van der Waals surface area (Å²) in [5.74, 6) is -0.291. The van der Waals surface area contributed by atoms with E-state index in [0.717, 1.165) is 5.56 Å².